The van der Waals surface area contributed by atoms with Gasteiger partial charge in [-0.2, -0.15) is 8.78 Å². The number of ether oxygens (including phenoxy) is 1. The average molecular weight is 377 g/mol. The Morgan fingerprint density at radius 3 is 2.28 bits per heavy atom. The number of carbonyl (C=O) groups excluding carboxylic acids is 1. The summed E-state index contributed by atoms with van der Waals surface area (Å²) in [5.74, 6) is -0.736. The van der Waals surface area contributed by atoms with E-state index in [0.29, 0.717) is 6.42 Å². The fourth-order valence-electron chi connectivity index (χ4n) is 1.87. The lowest BCUT2D eigenvalue weighted by Crippen LogP contribution is -2.44. The number of halogens is 2. The molecule has 1 N–H and O–H groups in total. The molecule has 142 valence electrons. The SMILES string of the molecule is CCCOC(=O)C(C)NP(=O)(Oc1ccccc1)C(F)(F)C(C)(C)C. The van der Waals surface area contributed by atoms with E-state index in [9.17, 15) is 18.1 Å². The van der Waals surface area contributed by atoms with Crippen LogP contribution in [0, 0.1) is 5.41 Å². The first-order valence-electron chi connectivity index (χ1n) is 8.11. The van der Waals surface area contributed by atoms with Gasteiger partial charge in [-0.25, -0.2) is 5.09 Å². The van der Waals surface area contributed by atoms with Gasteiger partial charge in [0.1, 0.15) is 11.8 Å². The van der Waals surface area contributed by atoms with E-state index < -0.39 is 30.6 Å². The number of alkyl halides is 2. The maximum Gasteiger partial charge on any atom is 0.386 e. The Morgan fingerprint density at radius 2 is 1.80 bits per heavy atom. The summed E-state index contributed by atoms with van der Waals surface area (Å²) in [5.41, 5.74) is -5.38. The molecule has 2 unspecified atom stereocenters. The number of benzene rings is 1. The van der Waals surface area contributed by atoms with Crippen molar-refractivity contribution in [1.82, 2.24) is 5.09 Å². The van der Waals surface area contributed by atoms with Crippen LogP contribution in [0.3, 0.4) is 0 Å². The van der Waals surface area contributed by atoms with Crippen molar-refractivity contribution in [2.24, 2.45) is 5.41 Å². The Kier molecular flexibility index (Phi) is 7.15. The van der Waals surface area contributed by atoms with Crippen molar-refractivity contribution in [2.75, 3.05) is 6.61 Å². The molecule has 0 aromatic heterocycles. The molecule has 25 heavy (non-hydrogen) atoms. The molecule has 0 aliphatic rings. The number of esters is 1. The Labute approximate surface area is 147 Å². The molecule has 0 spiro atoms. The molecule has 1 aromatic carbocycles. The molecule has 0 aliphatic heterocycles. The second kappa shape index (κ2) is 8.28. The maximum absolute atomic E-state index is 14.9. The smallest absolute Gasteiger partial charge is 0.386 e. The number of hydrogen-bond acceptors (Lipinski definition) is 4. The largest absolute Gasteiger partial charge is 0.465 e. The zero-order valence-corrected chi connectivity index (χ0v) is 16.1. The quantitative estimate of drug-likeness (QED) is 0.519. The zero-order chi connectivity index (χ0) is 19.3. The summed E-state index contributed by atoms with van der Waals surface area (Å²) in [4.78, 5) is 11.9. The first-order chi connectivity index (χ1) is 11.4. The third kappa shape index (κ3) is 5.25. The predicted molar refractivity (Wildman–Crippen MR) is 92.9 cm³/mol. The number of hydrogen-bond donors (Lipinski definition) is 1. The summed E-state index contributed by atoms with van der Waals surface area (Å²) in [6.45, 7) is 7.06. The molecule has 5 nitrogen and oxygen atoms in total. The summed E-state index contributed by atoms with van der Waals surface area (Å²) < 4.78 is 53.2. The molecule has 1 rings (SSSR count). The second-order valence-electron chi connectivity index (χ2n) is 6.77. The molecule has 0 fully saturated rings. The molecule has 0 saturated heterocycles. The van der Waals surface area contributed by atoms with E-state index in [1.54, 1.807) is 18.2 Å². The summed E-state index contributed by atoms with van der Waals surface area (Å²) in [6, 6.07) is 6.47. The monoisotopic (exact) mass is 377 g/mol. The first kappa shape index (κ1) is 21.6. The fourth-order valence-corrected chi connectivity index (χ4v) is 4.12. The Hall–Kier alpha value is -1.46. The second-order valence-corrected chi connectivity index (χ2v) is 8.87. The topological polar surface area (TPSA) is 64.6 Å². The number of nitrogens with one attached hydrogen (secondary N) is 1. The van der Waals surface area contributed by atoms with Crippen LogP contribution < -0.4 is 9.61 Å². The van der Waals surface area contributed by atoms with Gasteiger partial charge in [0, 0.05) is 5.41 Å². The van der Waals surface area contributed by atoms with Crippen LogP contribution in [-0.2, 0) is 14.1 Å². The van der Waals surface area contributed by atoms with E-state index in [-0.39, 0.29) is 12.4 Å². The highest BCUT2D eigenvalue weighted by Crippen LogP contribution is 2.64. The summed E-state index contributed by atoms with van der Waals surface area (Å²) in [6.07, 6.45) is 0.592. The van der Waals surface area contributed by atoms with Crippen molar-refractivity contribution in [1.29, 1.82) is 0 Å². The summed E-state index contributed by atoms with van der Waals surface area (Å²) in [5, 5.41) is 2.21. The average Bonchev–Trinajstić information content (AvgIpc) is 2.52. The van der Waals surface area contributed by atoms with Gasteiger partial charge in [0.2, 0.25) is 0 Å². The Balaban J connectivity index is 3.15. The molecule has 0 amide bonds. The molecular formula is C17H26F2NO4P. The van der Waals surface area contributed by atoms with Gasteiger partial charge in [0.05, 0.1) is 6.61 Å². The third-order valence-electron chi connectivity index (χ3n) is 3.41. The van der Waals surface area contributed by atoms with Gasteiger partial charge in [-0.1, -0.05) is 45.9 Å². The van der Waals surface area contributed by atoms with Gasteiger partial charge in [-0.15, -0.1) is 0 Å². The molecule has 0 saturated carbocycles. The minimum Gasteiger partial charge on any atom is -0.465 e. The Morgan fingerprint density at radius 1 is 1.24 bits per heavy atom. The summed E-state index contributed by atoms with van der Waals surface area (Å²) in [7, 11) is -4.79. The Bertz CT molecular complexity index is 617. The van der Waals surface area contributed by atoms with Crippen LogP contribution in [0.25, 0.3) is 0 Å². The van der Waals surface area contributed by atoms with Gasteiger partial charge in [0.15, 0.2) is 0 Å². The van der Waals surface area contributed by atoms with Gasteiger partial charge in [-0.3, -0.25) is 9.36 Å². The van der Waals surface area contributed by atoms with Crippen LogP contribution in [0.15, 0.2) is 30.3 Å². The van der Waals surface area contributed by atoms with E-state index >= 15 is 0 Å². The number of carbonyl (C=O) groups is 1. The van der Waals surface area contributed by atoms with Crippen molar-refractivity contribution in [2.45, 2.75) is 52.7 Å². The standard InChI is InChI=1S/C17H26F2NO4P/c1-6-12-23-15(21)13(2)20-25(22,17(18,19)16(3,4)5)24-14-10-8-7-9-11-14/h7-11,13H,6,12H2,1-5H3,(H,20,22). The van der Waals surface area contributed by atoms with E-state index in [1.807, 2.05) is 6.92 Å². The minimum atomic E-state index is -4.79. The maximum atomic E-state index is 14.9. The van der Waals surface area contributed by atoms with E-state index in [2.05, 4.69) is 5.09 Å². The van der Waals surface area contributed by atoms with Crippen LogP contribution in [0.2, 0.25) is 0 Å². The van der Waals surface area contributed by atoms with Crippen LogP contribution >= 0.6 is 7.52 Å². The molecule has 0 radical (unpaired) electrons. The molecule has 1 aromatic rings. The fraction of sp³-hybridized carbons (Fsp3) is 0.588. The lowest BCUT2D eigenvalue weighted by atomic mass is 9.97. The first-order valence-corrected chi connectivity index (χ1v) is 9.74. The van der Waals surface area contributed by atoms with E-state index in [0.717, 1.165) is 0 Å². The molecular weight excluding hydrogens is 351 g/mol. The van der Waals surface area contributed by atoms with Gasteiger partial charge < -0.3 is 9.26 Å². The van der Waals surface area contributed by atoms with Crippen LogP contribution in [-0.4, -0.2) is 24.3 Å². The molecule has 8 heteroatoms. The van der Waals surface area contributed by atoms with Crippen molar-refractivity contribution < 1.29 is 27.4 Å². The van der Waals surface area contributed by atoms with Crippen LogP contribution in [0.5, 0.6) is 5.75 Å². The third-order valence-corrected chi connectivity index (χ3v) is 6.02. The van der Waals surface area contributed by atoms with Gasteiger partial charge in [-0.05, 0) is 25.5 Å². The van der Waals surface area contributed by atoms with Crippen molar-refractivity contribution in [3.05, 3.63) is 30.3 Å². The van der Waals surface area contributed by atoms with Crippen LogP contribution in [0.4, 0.5) is 8.78 Å². The lowest BCUT2D eigenvalue weighted by molar-refractivity contribution is -0.145. The molecule has 0 bridgehead atoms. The highest BCUT2D eigenvalue weighted by atomic mass is 31.2. The zero-order valence-electron chi connectivity index (χ0n) is 15.2. The van der Waals surface area contributed by atoms with Crippen LogP contribution in [0.1, 0.15) is 41.0 Å². The number of rotatable bonds is 8. The highest BCUT2D eigenvalue weighted by Gasteiger charge is 2.61. The predicted octanol–water partition coefficient (Wildman–Crippen LogP) is 4.83. The van der Waals surface area contributed by atoms with Crippen molar-refractivity contribution in [3.63, 3.8) is 0 Å². The van der Waals surface area contributed by atoms with E-state index in [1.165, 1.54) is 39.8 Å². The molecule has 0 heterocycles. The normalized spacial score (nSPS) is 16.0. The highest BCUT2D eigenvalue weighted by molar-refractivity contribution is 7.58. The van der Waals surface area contributed by atoms with Crippen molar-refractivity contribution in [3.8, 4) is 5.75 Å². The minimum absolute atomic E-state index is 0.0244. The van der Waals surface area contributed by atoms with Gasteiger partial charge in [0.25, 0.3) is 0 Å². The van der Waals surface area contributed by atoms with Crippen molar-refractivity contribution >= 4 is 13.5 Å². The molecule has 2 atom stereocenters. The molecule has 0 aliphatic carbocycles. The van der Waals surface area contributed by atoms with E-state index in [4.69, 9.17) is 9.26 Å². The number of para-hydroxylation sites is 1. The van der Waals surface area contributed by atoms with Gasteiger partial charge >= 0.3 is 19.2 Å². The lowest BCUT2D eigenvalue weighted by Gasteiger charge is -2.37. The summed E-state index contributed by atoms with van der Waals surface area (Å²) >= 11 is 0.